The van der Waals surface area contributed by atoms with Gasteiger partial charge in [-0.25, -0.2) is 0 Å². The van der Waals surface area contributed by atoms with E-state index < -0.39 is 4.92 Å². The summed E-state index contributed by atoms with van der Waals surface area (Å²) in [6.45, 7) is 0.647. The second-order valence-corrected chi connectivity index (χ2v) is 4.76. The van der Waals surface area contributed by atoms with Gasteiger partial charge < -0.3 is 15.7 Å². The minimum Gasteiger partial charge on any atom is -0.395 e. The second kappa shape index (κ2) is 7.77. The summed E-state index contributed by atoms with van der Waals surface area (Å²) in [6.07, 6.45) is 0. The van der Waals surface area contributed by atoms with Crippen molar-refractivity contribution in [1.29, 1.82) is 5.26 Å². The van der Waals surface area contributed by atoms with Crippen molar-refractivity contribution in [3.05, 3.63) is 63.7 Å². The first kappa shape index (κ1) is 16.3. The predicted octanol–water partition coefficient (Wildman–Crippen LogP) is 2.48. The molecule has 2 rings (SSSR count). The topological polar surface area (TPSA) is 111 Å². The quantitative estimate of drug-likeness (QED) is 0.535. The Bertz CT molecular complexity index is 740. The summed E-state index contributed by atoms with van der Waals surface area (Å²) < 4.78 is 0. The molecule has 7 heteroatoms. The zero-order chi connectivity index (χ0) is 16.7. The van der Waals surface area contributed by atoms with Crippen molar-refractivity contribution < 1.29 is 10.0 Å². The van der Waals surface area contributed by atoms with Gasteiger partial charge in [-0.05, 0) is 17.7 Å². The molecule has 2 aromatic carbocycles. The number of benzene rings is 2. The van der Waals surface area contributed by atoms with Crippen LogP contribution in [-0.4, -0.2) is 23.2 Å². The molecule has 0 unspecified atom stereocenters. The molecule has 118 valence electrons. The lowest BCUT2D eigenvalue weighted by molar-refractivity contribution is -0.384. The fraction of sp³-hybridized carbons (Fsp3) is 0.188. The summed E-state index contributed by atoms with van der Waals surface area (Å²) in [4.78, 5) is 10.5. The molecule has 0 saturated heterocycles. The van der Waals surface area contributed by atoms with Gasteiger partial charge in [0.2, 0.25) is 0 Å². The monoisotopic (exact) mass is 312 g/mol. The van der Waals surface area contributed by atoms with Crippen LogP contribution in [0.15, 0.2) is 42.5 Å². The number of aliphatic hydroxyl groups is 1. The first-order valence-electron chi connectivity index (χ1n) is 7.00. The SMILES string of the molecule is N#Cc1ccccc1CNc1cc([N+](=O)[O-])ccc1NCCO. The van der Waals surface area contributed by atoms with E-state index in [1.807, 2.05) is 12.1 Å². The van der Waals surface area contributed by atoms with Crippen molar-refractivity contribution in [2.45, 2.75) is 6.54 Å². The summed E-state index contributed by atoms with van der Waals surface area (Å²) in [6, 6.07) is 13.7. The van der Waals surface area contributed by atoms with E-state index in [9.17, 15) is 10.1 Å². The van der Waals surface area contributed by atoms with Gasteiger partial charge in [-0.2, -0.15) is 5.26 Å². The average molecular weight is 312 g/mol. The Morgan fingerprint density at radius 2 is 1.96 bits per heavy atom. The van der Waals surface area contributed by atoms with Crippen LogP contribution in [-0.2, 0) is 6.54 Å². The van der Waals surface area contributed by atoms with Crippen molar-refractivity contribution in [2.24, 2.45) is 0 Å². The third-order valence-corrected chi connectivity index (χ3v) is 3.25. The van der Waals surface area contributed by atoms with Crippen molar-refractivity contribution in [2.75, 3.05) is 23.8 Å². The molecule has 0 heterocycles. The minimum absolute atomic E-state index is 0.0318. The first-order valence-corrected chi connectivity index (χ1v) is 7.00. The Hall–Kier alpha value is -3.11. The summed E-state index contributed by atoms with van der Waals surface area (Å²) in [5.74, 6) is 0. The Morgan fingerprint density at radius 1 is 1.17 bits per heavy atom. The highest BCUT2D eigenvalue weighted by molar-refractivity contribution is 5.72. The highest BCUT2D eigenvalue weighted by atomic mass is 16.6. The molecular weight excluding hydrogens is 296 g/mol. The highest BCUT2D eigenvalue weighted by Crippen LogP contribution is 2.27. The zero-order valence-corrected chi connectivity index (χ0v) is 12.3. The van der Waals surface area contributed by atoms with E-state index in [2.05, 4.69) is 16.7 Å². The number of nitro benzene ring substituents is 1. The Kier molecular flexibility index (Phi) is 5.50. The van der Waals surface area contributed by atoms with Gasteiger partial charge in [-0.1, -0.05) is 18.2 Å². The van der Waals surface area contributed by atoms with Crippen molar-refractivity contribution in [1.82, 2.24) is 0 Å². The largest absolute Gasteiger partial charge is 0.395 e. The molecule has 2 aromatic rings. The van der Waals surface area contributed by atoms with E-state index in [-0.39, 0.29) is 12.3 Å². The maximum Gasteiger partial charge on any atom is 0.271 e. The minimum atomic E-state index is -0.468. The number of hydrogen-bond acceptors (Lipinski definition) is 6. The molecule has 0 spiro atoms. The molecule has 0 aliphatic carbocycles. The van der Waals surface area contributed by atoms with Crippen LogP contribution in [0, 0.1) is 21.4 Å². The van der Waals surface area contributed by atoms with Gasteiger partial charge in [-0.3, -0.25) is 10.1 Å². The first-order chi connectivity index (χ1) is 11.2. The molecule has 3 N–H and O–H groups in total. The molecule has 0 amide bonds. The van der Waals surface area contributed by atoms with Crippen LogP contribution in [0.4, 0.5) is 17.1 Å². The van der Waals surface area contributed by atoms with Gasteiger partial charge >= 0.3 is 0 Å². The number of nitriles is 1. The van der Waals surface area contributed by atoms with E-state index in [4.69, 9.17) is 10.4 Å². The van der Waals surface area contributed by atoms with Crippen molar-refractivity contribution in [3.63, 3.8) is 0 Å². The maximum absolute atomic E-state index is 10.9. The standard InChI is InChI=1S/C16H16N4O3/c17-10-12-3-1-2-4-13(12)11-19-16-9-14(20(22)23)5-6-15(16)18-7-8-21/h1-6,9,18-19,21H,7-8,11H2. The molecule has 0 saturated carbocycles. The number of nitrogens with zero attached hydrogens (tertiary/aromatic N) is 2. The number of non-ortho nitro benzene ring substituents is 1. The summed E-state index contributed by atoms with van der Waals surface area (Å²) in [5, 5.41) is 35.0. The van der Waals surface area contributed by atoms with Gasteiger partial charge in [-0.15, -0.1) is 0 Å². The number of aliphatic hydroxyl groups excluding tert-OH is 1. The fourth-order valence-electron chi connectivity index (χ4n) is 2.11. The molecule has 23 heavy (non-hydrogen) atoms. The zero-order valence-electron chi connectivity index (χ0n) is 12.3. The molecule has 0 aliphatic rings. The average Bonchev–Trinajstić information content (AvgIpc) is 2.58. The molecule has 7 nitrogen and oxygen atoms in total. The highest BCUT2D eigenvalue weighted by Gasteiger charge is 2.11. The van der Waals surface area contributed by atoms with E-state index in [0.717, 1.165) is 5.56 Å². The molecule has 0 radical (unpaired) electrons. The molecular formula is C16H16N4O3. The lowest BCUT2D eigenvalue weighted by atomic mass is 10.1. The number of hydrogen-bond donors (Lipinski definition) is 3. The number of nitro groups is 1. The van der Waals surface area contributed by atoms with Crippen LogP contribution in [0.25, 0.3) is 0 Å². The summed E-state index contributed by atoms with van der Waals surface area (Å²) >= 11 is 0. The van der Waals surface area contributed by atoms with Crippen LogP contribution in [0.2, 0.25) is 0 Å². The number of nitrogens with one attached hydrogen (secondary N) is 2. The van der Waals surface area contributed by atoms with Crippen LogP contribution in [0.1, 0.15) is 11.1 Å². The fourth-order valence-corrected chi connectivity index (χ4v) is 2.11. The summed E-state index contributed by atoms with van der Waals surface area (Å²) in [7, 11) is 0. The van der Waals surface area contributed by atoms with E-state index in [1.54, 1.807) is 18.2 Å². The van der Waals surface area contributed by atoms with Crippen LogP contribution >= 0.6 is 0 Å². The lowest BCUT2D eigenvalue weighted by Crippen LogP contribution is -2.09. The second-order valence-electron chi connectivity index (χ2n) is 4.76. The van der Waals surface area contributed by atoms with E-state index in [1.165, 1.54) is 12.1 Å². The molecule has 0 aliphatic heterocycles. The molecule has 0 atom stereocenters. The Labute approximate surface area is 133 Å². The Morgan fingerprint density at radius 3 is 2.65 bits per heavy atom. The van der Waals surface area contributed by atoms with Gasteiger partial charge in [0.1, 0.15) is 0 Å². The van der Waals surface area contributed by atoms with Crippen LogP contribution < -0.4 is 10.6 Å². The number of rotatable bonds is 7. The Balaban J connectivity index is 2.24. The van der Waals surface area contributed by atoms with Gasteiger partial charge in [0.05, 0.1) is 34.5 Å². The third-order valence-electron chi connectivity index (χ3n) is 3.25. The van der Waals surface area contributed by atoms with Gasteiger partial charge in [0.25, 0.3) is 5.69 Å². The molecule has 0 fully saturated rings. The van der Waals surface area contributed by atoms with Crippen LogP contribution in [0.5, 0.6) is 0 Å². The molecule has 0 bridgehead atoms. The van der Waals surface area contributed by atoms with E-state index >= 15 is 0 Å². The predicted molar refractivity (Wildman–Crippen MR) is 87.2 cm³/mol. The van der Waals surface area contributed by atoms with E-state index in [0.29, 0.717) is 30.0 Å². The van der Waals surface area contributed by atoms with Gasteiger partial charge in [0, 0.05) is 25.2 Å². The lowest BCUT2D eigenvalue weighted by Gasteiger charge is -2.14. The summed E-state index contributed by atoms with van der Waals surface area (Å²) in [5.41, 5.74) is 2.51. The van der Waals surface area contributed by atoms with Crippen LogP contribution in [0.3, 0.4) is 0 Å². The third kappa shape index (κ3) is 4.18. The van der Waals surface area contributed by atoms with Crippen molar-refractivity contribution in [3.8, 4) is 6.07 Å². The van der Waals surface area contributed by atoms with Crippen molar-refractivity contribution >= 4 is 17.1 Å². The smallest absolute Gasteiger partial charge is 0.271 e. The molecule has 0 aromatic heterocycles. The van der Waals surface area contributed by atoms with Gasteiger partial charge in [0.15, 0.2) is 0 Å². The normalized spacial score (nSPS) is 9.91. The maximum atomic E-state index is 10.9. The number of anilines is 2.